The van der Waals surface area contributed by atoms with E-state index >= 15 is 0 Å². The molecule has 110 valence electrons. The summed E-state index contributed by atoms with van der Waals surface area (Å²) in [6, 6.07) is 0. The Morgan fingerprint density at radius 3 is 3.05 bits per heavy atom. The first-order valence-electron chi connectivity index (χ1n) is 7.27. The standard InChI is InChI=1S/C14H20N2O3S/c17-10-4-1-3-9(10)7-15-13(18)12-8-16-14(20-12)11-5-2-6-19-11/h8-11,17H,1-7H2,(H,15,18). The molecule has 3 unspecified atom stereocenters. The molecule has 0 radical (unpaired) electrons. The second-order valence-corrected chi connectivity index (χ2v) is 6.59. The number of aromatic nitrogens is 1. The summed E-state index contributed by atoms with van der Waals surface area (Å²) in [5, 5.41) is 13.5. The van der Waals surface area contributed by atoms with Crippen molar-refractivity contribution in [3.8, 4) is 0 Å². The monoisotopic (exact) mass is 296 g/mol. The molecule has 2 aliphatic rings. The van der Waals surface area contributed by atoms with Gasteiger partial charge in [-0.3, -0.25) is 4.79 Å². The molecule has 1 saturated carbocycles. The molecule has 1 aromatic heterocycles. The summed E-state index contributed by atoms with van der Waals surface area (Å²) in [6.07, 6.45) is 6.37. The van der Waals surface area contributed by atoms with Gasteiger partial charge < -0.3 is 15.2 Å². The zero-order valence-electron chi connectivity index (χ0n) is 11.4. The maximum atomic E-state index is 12.1. The lowest BCUT2D eigenvalue weighted by molar-refractivity contribution is 0.0920. The van der Waals surface area contributed by atoms with E-state index in [0.717, 1.165) is 43.7 Å². The average Bonchev–Trinajstić information content (AvgIpc) is 3.17. The molecule has 2 fully saturated rings. The van der Waals surface area contributed by atoms with E-state index in [2.05, 4.69) is 10.3 Å². The molecule has 5 nitrogen and oxygen atoms in total. The highest BCUT2D eigenvalue weighted by Gasteiger charge is 2.26. The van der Waals surface area contributed by atoms with Crippen LogP contribution in [-0.2, 0) is 4.74 Å². The Morgan fingerprint density at radius 2 is 2.35 bits per heavy atom. The Hall–Kier alpha value is -0.980. The second-order valence-electron chi connectivity index (χ2n) is 5.53. The number of thiazole rings is 1. The van der Waals surface area contributed by atoms with Gasteiger partial charge in [-0.1, -0.05) is 6.42 Å². The number of hydrogen-bond acceptors (Lipinski definition) is 5. The van der Waals surface area contributed by atoms with Gasteiger partial charge in [0, 0.05) is 19.1 Å². The highest BCUT2D eigenvalue weighted by Crippen LogP contribution is 2.31. The van der Waals surface area contributed by atoms with E-state index in [9.17, 15) is 9.90 Å². The molecular formula is C14H20N2O3S. The number of carbonyl (C=O) groups excluding carboxylic acids is 1. The molecule has 0 aromatic carbocycles. The first kappa shape index (κ1) is 14.0. The smallest absolute Gasteiger partial charge is 0.263 e. The number of ether oxygens (including phenoxy) is 1. The number of amides is 1. The van der Waals surface area contributed by atoms with Crippen molar-refractivity contribution in [1.29, 1.82) is 0 Å². The van der Waals surface area contributed by atoms with E-state index in [1.165, 1.54) is 11.3 Å². The number of hydrogen-bond donors (Lipinski definition) is 2. The zero-order valence-corrected chi connectivity index (χ0v) is 12.2. The van der Waals surface area contributed by atoms with Crippen LogP contribution in [0.15, 0.2) is 6.20 Å². The first-order valence-corrected chi connectivity index (χ1v) is 8.09. The van der Waals surface area contributed by atoms with Gasteiger partial charge in [-0.2, -0.15) is 0 Å². The van der Waals surface area contributed by atoms with Crippen molar-refractivity contribution >= 4 is 17.2 Å². The zero-order chi connectivity index (χ0) is 13.9. The second kappa shape index (κ2) is 6.20. The van der Waals surface area contributed by atoms with Crippen molar-refractivity contribution in [2.45, 2.75) is 44.3 Å². The summed E-state index contributed by atoms with van der Waals surface area (Å²) in [6.45, 7) is 1.33. The summed E-state index contributed by atoms with van der Waals surface area (Å²) >= 11 is 1.41. The van der Waals surface area contributed by atoms with Crippen LogP contribution >= 0.6 is 11.3 Å². The molecule has 2 N–H and O–H groups in total. The van der Waals surface area contributed by atoms with Crippen LogP contribution in [0, 0.1) is 5.92 Å². The highest BCUT2D eigenvalue weighted by molar-refractivity contribution is 7.13. The topological polar surface area (TPSA) is 71.5 Å². The molecule has 20 heavy (non-hydrogen) atoms. The summed E-state index contributed by atoms with van der Waals surface area (Å²) < 4.78 is 5.57. The fraction of sp³-hybridized carbons (Fsp3) is 0.714. The quantitative estimate of drug-likeness (QED) is 0.890. The summed E-state index contributed by atoms with van der Waals surface area (Å²) in [5.41, 5.74) is 0. The maximum Gasteiger partial charge on any atom is 0.263 e. The molecule has 0 spiro atoms. The molecule has 3 rings (SSSR count). The van der Waals surface area contributed by atoms with Crippen molar-refractivity contribution in [3.63, 3.8) is 0 Å². The Labute approximate surface area is 122 Å². The van der Waals surface area contributed by atoms with Crippen molar-refractivity contribution in [2.24, 2.45) is 5.92 Å². The third kappa shape index (κ3) is 3.02. The fourth-order valence-electron chi connectivity index (χ4n) is 2.88. The molecule has 1 aliphatic carbocycles. The van der Waals surface area contributed by atoms with Crippen LogP contribution < -0.4 is 5.32 Å². The van der Waals surface area contributed by atoms with Gasteiger partial charge in [0.2, 0.25) is 0 Å². The minimum Gasteiger partial charge on any atom is -0.393 e. The number of nitrogens with one attached hydrogen (secondary N) is 1. The van der Waals surface area contributed by atoms with E-state index in [1.54, 1.807) is 6.20 Å². The van der Waals surface area contributed by atoms with Gasteiger partial charge in [0.1, 0.15) is 16.0 Å². The van der Waals surface area contributed by atoms with Gasteiger partial charge in [0.05, 0.1) is 12.3 Å². The number of aliphatic hydroxyl groups is 1. The molecule has 2 heterocycles. The van der Waals surface area contributed by atoms with Crippen LogP contribution in [0.1, 0.15) is 52.9 Å². The number of aliphatic hydroxyl groups excluding tert-OH is 1. The van der Waals surface area contributed by atoms with Crippen molar-refractivity contribution in [1.82, 2.24) is 10.3 Å². The summed E-state index contributed by atoms with van der Waals surface area (Å²) in [7, 11) is 0. The Balaban J connectivity index is 1.54. The molecule has 1 aromatic rings. The predicted octanol–water partition coefficient (Wildman–Crippen LogP) is 1.89. The molecule has 1 saturated heterocycles. The predicted molar refractivity (Wildman–Crippen MR) is 75.7 cm³/mol. The Bertz CT molecular complexity index is 471. The largest absolute Gasteiger partial charge is 0.393 e. The number of carbonyl (C=O) groups is 1. The minimum atomic E-state index is -0.265. The SMILES string of the molecule is O=C(NCC1CCCC1O)c1cnc(C2CCCO2)s1. The highest BCUT2D eigenvalue weighted by atomic mass is 32.1. The van der Waals surface area contributed by atoms with Gasteiger partial charge in [0.25, 0.3) is 5.91 Å². The van der Waals surface area contributed by atoms with Gasteiger partial charge in [-0.25, -0.2) is 4.98 Å². The lowest BCUT2D eigenvalue weighted by Crippen LogP contribution is -2.32. The van der Waals surface area contributed by atoms with E-state index in [-0.39, 0.29) is 24.0 Å². The first-order chi connectivity index (χ1) is 9.74. The number of nitrogens with zero attached hydrogens (tertiary/aromatic N) is 1. The van der Waals surface area contributed by atoms with Crippen molar-refractivity contribution < 1.29 is 14.6 Å². The molecule has 3 atom stereocenters. The third-order valence-corrected chi connectivity index (χ3v) is 5.18. The lowest BCUT2D eigenvalue weighted by atomic mass is 10.1. The number of rotatable bonds is 4. The van der Waals surface area contributed by atoms with Crippen LogP contribution in [0.3, 0.4) is 0 Å². The van der Waals surface area contributed by atoms with Crippen LogP contribution in [0.25, 0.3) is 0 Å². The van der Waals surface area contributed by atoms with Crippen LogP contribution in [0.2, 0.25) is 0 Å². The van der Waals surface area contributed by atoms with Gasteiger partial charge >= 0.3 is 0 Å². The fourth-order valence-corrected chi connectivity index (χ4v) is 3.80. The Morgan fingerprint density at radius 1 is 1.45 bits per heavy atom. The molecule has 0 bridgehead atoms. The van der Waals surface area contributed by atoms with Crippen molar-refractivity contribution in [3.05, 3.63) is 16.1 Å². The normalized spacial score (nSPS) is 29.8. The van der Waals surface area contributed by atoms with Crippen molar-refractivity contribution in [2.75, 3.05) is 13.2 Å². The van der Waals surface area contributed by atoms with Crippen LogP contribution in [-0.4, -0.2) is 35.3 Å². The van der Waals surface area contributed by atoms with E-state index in [4.69, 9.17) is 4.74 Å². The van der Waals surface area contributed by atoms with E-state index in [0.29, 0.717) is 11.4 Å². The molecule has 1 amide bonds. The minimum absolute atomic E-state index is 0.0678. The van der Waals surface area contributed by atoms with Crippen LogP contribution in [0.4, 0.5) is 0 Å². The van der Waals surface area contributed by atoms with E-state index in [1.807, 2.05) is 0 Å². The van der Waals surface area contributed by atoms with Gasteiger partial charge in [0.15, 0.2) is 0 Å². The third-order valence-electron chi connectivity index (χ3n) is 4.10. The van der Waals surface area contributed by atoms with E-state index < -0.39 is 0 Å². The molecular weight excluding hydrogens is 276 g/mol. The van der Waals surface area contributed by atoms with Gasteiger partial charge in [-0.15, -0.1) is 11.3 Å². The maximum absolute atomic E-state index is 12.1. The average molecular weight is 296 g/mol. The molecule has 6 heteroatoms. The lowest BCUT2D eigenvalue weighted by Gasteiger charge is -2.14. The van der Waals surface area contributed by atoms with Gasteiger partial charge in [-0.05, 0) is 25.7 Å². The summed E-state index contributed by atoms with van der Waals surface area (Å²) in [5.74, 6) is 0.107. The van der Waals surface area contributed by atoms with Crippen LogP contribution in [0.5, 0.6) is 0 Å². The Kier molecular flexibility index (Phi) is 4.33. The summed E-state index contributed by atoms with van der Waals surface area (Å²) in [4.78, 5) is 17.0. The molecule has 1 aliphatic heterocycles.